The van der Waals surface area contributed by atoms with Gasteiger partial charge in [-0.2, -0.15) is 0 Å². The fourth-order valence-corrected chi connectivity index (χ4v) is 3.96. The average molecular weight is 369 g/mol. The topological polar surface area (TPSA) is 47.7 Å². The van der Waals surface area contributed by atoms with Crippen LogP contribution in [0.1, 0.15) is 11.3 Å². The van der Waals surface area contributed by atoms with Crippen molar-refractivity contribution in [2.45, 2.75) is 13.8 Å². The second-order valence-corrected chi connectivity index (χ2v) is 7.28. The van der Waals surface area contributed by atoms with Crippen molar-refractivity contribution in [1.82, 2.24) is 14.5 Å². The van der Waals surface area contributed by atoms with Gasteiger partial charge in [0.05, 0.1) is 11.8 Å². The molecule has 5 heteroatoms. The standard InChI is InChI=1S/C23H21N4O/c1-14-11-17-18-12-16(23-24-8-10-27(23)4)15(2)21(19-7-5-6-9-26(19)3)22(18)28-20(17)13-25-14/h5-13H,1-4H3/q+1. The molecule has 0 spiro atoms. The van der Waals surface area contributed by atoms with E-state index in [1.807, 2.05) is 38.6 Å². The molecule has 0 atom stereocenters. The third-order valence-corrected chi connectivity index (χ3v) is 5.42. The maximum atomic E-state index is 6.33. The van der Waals surface area contributed by atoms with Crippen LogP contribution >= 0.6 is 0 Å². The summed E-state index contributed by atoms with van der Waals surface area (Å²) in [6.45, 7) is 4.15. The number of rotatable bonds is 2. The van der Waals surface area contributed by atoms with Crippen LogP contribution in [0.25, 0.3) is 44.6 Å². The van der Waals surface area contributed by atoms with Gasteiger partial charge in [-0.25, -0.2) is 9.55 Å². The number of hydrogen-bond donors (Lipinski definition) is 0. The van der Waals surface area contributed by atoms with Crippen molar-refractivity contribution in [3.63, 3.8) is 0 Å². The van der Waals surface area contributed by atoms with E-state index in [4.69, 9.17) is 4.42 Å². The summed E-state index contributed by atoms with van der Waals surface area (Å²) in [4.78, 5) is 9.02. The zero-order valence-electron chi connectivity index (χ0n) is 16.4. The van der Waals surface area contributed by atoms with Gasteiger partial charge < -0.3 is 8.98 Å². The van der Waals surface area contributed by atoms with Crippen LogP contribution < -0.4 is 4.57 Å². The quantitative estimate of drug-likeness (QED) is 0.431. The lowest BCUT2D eigenvalue weighted by Gasteiger charge is -2.11. The van der Waals surface area contributed by atoms with Gasteiger partial charge in [0.15, 0.2) is 11.8 Å². The van der Waals surface area contributed by atoms with Crippen LogP contribution in [0.3, 0.4) is 0 Å². The summed E-state index contributed by atoms with van der Waals surface area (Å²) < 4.78 is 10.5. The highest BCUT2D eigenvalue weighted by atomic mass is 16.3. The van der Waals surface area contributed by atoms with Gasteiger partial charge in [-0.1, -0.05) is 0 Å². The molecule has 0 saturated carbocycles. The number of pyridine rings is 2. The van der Waals surface area contributed by atoms with Gasteiger partial charge in [-0.3, -0.25) is 4.98 Å². The van der Waals surface area contributed by atoms with Crippen molar-refractivity contribution in [3.8, 4) is 22.6 Å². The van der Waals surface area contributed by atoms with Gasteiger partial charge in [0.2, 0.25) is 5.69 Å². The minimum Gasteiger partial charge on any atom is -0.454 e. The molecule has 138 valence electrons. The fraction of sp³-hybridized carbons (Fsp3) is 0.174. The molecule has 0 radical (unpaired) electrons. The molecule has 0 fully saturated rings. The van der Waals surface area contributed by atoms with Crippen LogP contribution in [0, 0.1) is 13.8 Å². The SMILES string of the molecule is Cc1cc2c(cn1)oc1c(-c3cccc[n+]3C)c(C)c(-c3nccn3C)cc12. The Kier molecular flexibility index (Phi) is 3.59. The lowest BCUT2D eigenvalue weighted by atomic mass is 9.95. The van der Waals surface area contributed by atoms with Crippen LogP contribution in [-0.2, 0) is 14.1 Å². The summed E-state index contributed by atoms with van der Waals surface area (Å²) in [5, 5.41) is 2.17. The zero-order valence-corrected chi connectivity index (χ0v) is 16.4. The summed E-state index contributed by atoms with van der Waals surface area (Å²) in [5.41, 5.74) is 7.11. The molecule has 5 aromatic rings. The average Bonchev–Trinajstić information content (AvgIpc) is 3.25. The lowest BCUT2D eigenvalue weighted by molar-refractivity contribution is -0.660. The van der Waals surface area contributed by atoms with Crippen LogP contribution in [-0.4, -0.2) is 14.5 Å². The summed E-state index contributed by atoms with van der Waals surface area (Å²) in [6, 6.07) is 10.5. The molecule has 4 heterocycles. The summed E-state index contributed by atoms with van der Waals surface area (Å²) in [7, 11) is 4.08. The van der Waals surface area contributed by atoms with Crippen molar-refractivity contribution < 1.29 is 8.98 Å². The summed E-state index contributed by atoms with van der Waals surface area (Å²) in [6.07, 6.45) is 7.68. The molecule has 0 saturated heterocycles. The number of furan rings is 1. The van der Waals surface area contributed by atoms with Gasteiger partial charge in [-0.05, 0) is 37.6 Å². The third kappa shape index (κ3) is 2.36. The molecule has 1 aromatic carbocycles. The largest absolute Gasteiger partial charge is 0.454 e. The normalized spacial score (nSPS) is 11.6. The van der Waals surface area contributed by atoms with Gasteiger partial charge in [-0.15, -0.1) is 0 Å². The molecular weight excluding hydrogens is 348 g/mol. The molecule has 0 N–H and O–H groups in total. The first kappa shape index (κ1) is 16.7. The van der Waals surface area contributed by atoms with E-state index in [0.29, 0.717) is 0 Å². The Labute approximate surface area is 162 Å². The van der Waals surface area contributed by atoms with E-state index in [9.17, 15) is 0 Å². The first-order chi connectivity index (χ1) is 13.5. The predicted octanol–water partition coefficient (Wildman–Crippen LogP) is 4.49. The maximum absolute atomic E-state index is 6.33. The number of aryl methyl sites for hydroxylation is 3. The van der Waals surface area contributed by atoms with Crippen LogP contribution in [0.2, 0.25) is 0 Å². The molecule has 0 aliphatic heterocycles. The van der Waals surface area contributed by atoms with Gasteiger partial charge in [0, 0.05) is 53.6 Å². The maximum Gasteiger partial charge on any atom is 0.216 e. The van der Waals surface area contributed by atoms with Crippen molar-refractivity contribution in [3.05, 3.63) is 66.4 Å². The molecule has 5 nitrogen and oxygen atoms in total. The monoisotopic (exact) mass is 369 g/mol. The molecule has 0 aliphatic rings. The fourth-order valence-electron chi connectivity index (χ4n) is 3.96. The summed E-state index contributed by atoms with van der Waals surface area (Å²) in [5.74, 6) is 0.944. The Morgan fingerprint density at radius 2 is 1.93 bits per heavy atom. The lowest BCUT2D eigenvalue weighted by Crippen LogP contribution is -2.30. The van der Waals surface area contributed by atoms with E-state index in [2.05, 4.69) is 63.5 Å². The number of imidazole rings is 1. The van der Waals surface area contributed by atoms with Gasteiger partial charge in [0.1, 0.15) is 18.5 Å². The molecule has 28 heavy (non-hydrogen) atoms. The molecular formula is C23H21N4O+. The second kappa shape index (κ2) is 6.02. The van der Waals surface area contributed by atoms with Gasteiger partial charge in [0.25, 0.3) is 0 Å². The Morgan fingerprint density at radius 1 is 1.07 bits per heavy atom. The van der Waals surface area contributed by atoms with E-state index in [-0.39, 0.29) is 0 Å². The molecule has 0 amide bonds. The highest BCUT2D eigenvalue weighted by Gasteiger charge is 2.24. The Balaban J connectivity index is 1.99. The van der Waals surface area contributed by atoms with Crippen molar-refractivity contribution in [2.24, 2.45) is 14.1 Å². The van der Waals surface area contributed by atoms with Gasteiger partial charge >= 0.3 is 0 Å². The number of hydrogen-bond acceptors (Lipinski definition) is 3. The van der Waals surface area contributed by atoms with Crippen LogP contribution in [0.4, 0.5) is 0 Å². The number of aromatic nitrogens is 4. The minimum atomic E-state index is 0.803. The highest BCUT2D eigenvalue weighted by molar-refractivity contribution is 6.11. The molecule has 0 aliphatic carbocycles. The smallest absolute Gasteiger partial charge is 0.216 e. The molecule has 5 rings (SSSR count). The Bertz CT molecular complexity index is 1360. The van der Waals surface area contributed by atoms with Crippen molar-refractivity contribution in [2.75, 3.05) is 0 Å². The van der Waals surface area contributed by atoms with E-state index in [1.165, 1.54) is 0 Å². The summed E-state index contributed by atoms with van der Waals surface area (Å²) >= 11 is 0. The Morgan fingerprint density at radius 3 is 2.68 bits per heavy atom. The van der Waals surface area contributed by atoms with E-state index >= 15 is 0 Å². The van der Waals surface area contributed by atoms with Crippen molar-refractivity contribution >= 4 is 21.9 Å². The van der Waals surface area contributed by atoms with E-state index in [0.717, 1.165) is 55.8 Å². The number of fused-ring (bicyclic) bond motifs is 3. The minimum absolute atomic E-state index is 0.803. The Hall–Kier alpha value is -3.47. The molecule has 0 bridgehead atoms. The van der Waals surface area contributed by atoms with Crippen LogP contribution in [0.5, 0.6) is 0 Å². The second-order valence-electron chi connectivity index (χ2n) is 7.28. The van der Waals surface area contributed by atoms with Crippen molar-refractivity contribution in [1.29, 1.82) is 0 Å². The number of nitrogens with zero attached hydrogens (tertiary/aromatic N) is 4. The highest BCUT2D eigenvalue weighted by Crippen LogP contribution is 2.41. The van der Waals surface area contributed by atoms with E-state index < -0.39 is 0 Å². The zero-order chi connectivity index (χ0) is 19.4. The van der Waals surface area contributed by atoms with Crippen LogP contribution in [0.15, 0.2) is 59.5 Å². The first-order valence-corrected chi connectivity index (χ1v) is 9.30. The molecule has 4 aromatic heterocycles. The predicted molar refractivity (Wildman–Crippen MR) is 110 cm³/mol. The third-order valence-electron chi connectivity index (χ3n) is 5.42. The van der Waals surface area contributed by atoms with E-state index in [1.54, 1.807) is 0 Å². The number of benzene rings is 1. The molecule has 0 unspecified atom stereocenters. The first-order valence-electron chi connectivity index (χ1n) is 9.30.